The van der Waals surface area contributed by atoms with Gasteiger partial charge in [-0.15, -0.1) is 0 Å². The molecule has 0 spiro atoms. The van der Waals surface area contributed by atoms with Gasteiger partial charge in [0.2, 0.25) is 5.75 Å². The fourth-order valence-electron chi connectivity index (χ4n) is 2.17. The molecule has 1 aliphatic rings. The molecule has 0 aliphatic carbocycles. The third kappa shape index (κ3) is 2.87. The molecule has 6 nitrogen and oxygen atoms in total. The number of rotatable bonds is 3. The number of phenolic OH excluding ortho intramolecular Hbond substituents is 1. The summed E-state index contributed by atoms with van der Waals surface area (Å²) in [4.78, 5) is 24.1. The van der Waals surface area contributed by atoms with E-state index in [-0.39, 0.29) is 11.5 Å². The fraction of sp³-hybridized carbons (Fsp3) is 0.462. The largest absolute Gasteiger partial charge is 0.502 e. The Labute approximate surface area is 120 Å². The topological polar surface area (TPSA) is 83.7 Å². The SMILES string of the molecule is CCC1CN(C(=O)c2cccc([N+](=O)[O-])c2O)CCS1. The van der Waals surface area contributed by atoms with Crippen LogP contribution in [0.25, 0.3) is 0 Å². The van der Waals surface area contributed by atoms with Gasteiger partial charge in [-0.25, -0.2) is 0 Å². The molecule has 2 rings (SSSR count). The molecule has 1 aromatic carbocycles. The molecule has 0 radical (unpaired) electrons. The van der Waals surface area contributed by atoms with Gasteiger partial charge in [-0.1, -0.05) is 13.0 Å². The number of nitro benzene ring substituents is 1. The second-order valence-electron chi connectivity index (χ2n) is 4.58. The zero-order valence-corrected chi connectivity index (χ0v) is 11.9. The molecule has 1 unspecified atom stereocenters. The number of nitro groups is 1. The number of para-hydroxylation sites is 1. The highest BCUT2D eigenvalue weighted by molar-refractivity contribution is 8.00. The Balaban J connectivity index is 2.25. The van der Waals surface area contributed by atoms with Crippen LogP contribution in [0.1, 0.15) is 23.7 Å². The predicted molar refractivity (Wildman–Crippen MR) is 77.2 cm³/mol. The summed E-state index contributed by atoms with van der Waals surface area (Å²) in [5.41, 5.74) is -0.435. The maximum absolute atomic E-state index is 12.4. The number of hydrogen-bond acceptors (Lipinski definition) is 5. The van der Waals surface area contributed by atoms with Crippen molar-refractivity contribution in [1.82, 2.24) is 4.90 Å². The molecule has 0 saturated carbocycles. The van der Waals surface area contributed by atoms with Crippen molar-refractivity contribution in [1.29, 1.82) is 0 Å². The summed E-state index contributed by atoms with van der Waals surface area (Å²) in [6.45, 7) is 3.28. The molecule has 7 heteroatoms. The van der Waals surface area contributed by atoms with Crippen LogP contribution in [0.5, 0.6) is 5.75 Å². The van der Waals surface area contributed by atoms with Crippen LogP contribution in [0.3, 0.4) is 0 Å². The Morgan fingerprint density at radius 2 is 2.35 bits per heavy atom. The molecule has 0 bridgehead atoms. The van der Waals surface area contributed by atoms with E-state index in [4.69, 9.17) is 0 Å². The number of nitrogens with zero attached hydrogens (tertiary/aromatic N) is 2. The summed E-state index contributed by atoms with van der Waals surface area (Å²) in [6.07, 6.45) is 0.968. The number of aromatic hydroxyl groups is 1. The number of phenols is 1. The number of hydrogen-bond donors (Lipinski definition) is 1. The second kappa shape index (κ2) is 6.13. The molecule has 1 saturated heterocycles. The van der Waals surface area contributed by atoms with E-state index in [0.717, 1.165) is 12.2 Å². The average Bonchev–Trinajstić information content (AvgIpc) is 2.46. The van der Waals surface area contributed by atoms with Crippen LogP contribution >= 0.6 is 11.8 Å². The summed E-state index contributed by atoms with van der Waals surface area (Å²) < 4.78 is 0. The summed E-state index contributed by atoms with van der Waals surface area (Å²) in [5.74, 6) is -0.0429. The van der Waals surface area contributed by atoms with E-state index in [0.29, 0.717) is 18.3 Å². The van der Waals surface area contributed by atoms with Gasteiger partial charge in [0.15, 0.2) is 0 Å². The van der Waals surface area contributed by atoms with Crippen molar-refractivity contribution in [2.24, 2.45) is 0 Å². The third-order valence-corrected chi connectivity index (χ3v) is 4.70. The lowest BCUT2D eigenvalue weighted by Crippen LogP contribution is -2.41. The summed E-state index contributed by atoms with van der Waals surface area (Å²) in [5, 5.41) is 21.1. The van der Waals surface area contributed by atoms with Crippen molar-refractivity contribution in [3.05, 3.63) is 33.9 Å². The van der Waals surface area contributed by atoms with E-state index in [9.17, 15) is 20.0 Å². The Morgan fingerprint density at radius 3 is 3.00 bits per heavy atom. The van der Waals surface area contributed by atoms with E-state index in [1.54, 1.807) is 4.90 Å². The van der Waals surface area contributed by atoms with E-state index in [2.05, 4.69) is 6.92 Å². The van der Waals surface area contributed by atoms with Crippen molar-refractivity contribution in [3.8, 4) is 5.75 Å². The van der Waals surface area contributed by atoms with Crippen LogP contribution in [-0.4, -0.2) is 44.9 Å². The minimum absolute atomic E-state index is 0.000882. The smallest absolute Gasteiger partial charge is 0.311 e. The maximum Gasteiger partial charge on any atom is 0.311 e. The van der Waals surface area contributed by atoms with Gasteiger partial charge in [0.25, 0.3) is 5.91 Å². The number of benzene rings is 1. The van der Waals surface area contributed by atoms with E-state index >= 15 is 0 Å². The average molecular weight is 296 g/mol. The first kappa shape index (κ1) is 14.6. The lowest BCUT2D eigenvalue weighted by Gasteiger charge is -2.32. The molecule has 108 valence electrons. The van der Waals surface area contributed by atoms with E-state index in [1.807, 2.05) is 11.8 Å². The highest BCUT2D eigenvalue weighted by Crippen LogP contribution is 2.31. The minimum atomic E-state index is -0.687. The van der Waals surface area contributed by atoms with Crippen LogP contribution in [-0.2, 0) is 0 Å². The van der Waals surface area contributed by atoms with Crippen molar-refractivity contribution in [3.63, 3.8) is 0 Å². The second-order valence-corrected chi connectivity index (χ2v) is 5.99. The van der Waals surface area contributed by atoms with E-state index in [1.165, 1.54) is 18.2 Å². The Kier molecular flexibility index (Phi) is 4.49. The summed E-state index contributed by atoms with van der Waals surface area (Å²) >= 11 is 1.83. The molecular weight excluding hydrogens is 280 g/mol. The van der Waals surface area contributed by atoms with Crippen molar-refractivity contribution >= 4 is 23.4 Å². The van der Waals surface area contributed by atoms with Crippen molar-refractivity contribution in [2.75, 3.05) is 18.8 Å². The number of amides is 1. The maximum atomic E-state index is 12.4. The number of carbonyl (C=O) groups is 1. The summed E-state index contributed by atoms with van der Waals surface area (Å²) in [6, 6.07) is 4.03. The van der Waals surface area contributed by atoms with Gasteiger partial charge in [0.1, 0.15) is 0 Å². The van der Waals surface area contributed by atoms with Crippen LogP contribution in [0.2, 0.25) is 0 Å². The zero-order chi connectivity index (χ0) is 14.7. The van der Waals surface area contributed by atoms with Gasteiger partial charge in [-0.3, -0.25) is 14.9 Å². The standard InChI is InChI=1S/C13H16N2O4S/c1-2-9-8-14(6-7-20-9)13(17)10-4-3-5-11(12(10)16)15(18)19/h3-5,9,16H,2,6-8H2,1H3. The van der Waals surface area contributed by atoms with Gasteiger partial charge in [0, 0.05) is 30.2 Å². The molecule has 1 aliphatic heterocycles. The first-order valence-corrected chi connectivity index (χ1v) is 7.46. The van der Waals surface area contributed by atoms with Gasteiger partial charge in [-0.05, 0) is 12.5 Å². The molecular formula is C13H16N2O4S. The van der Waals surface area contributed by atoms with Crippen molar-refractivity contribution < 1.29 is 14.8 Å². The van der Waals surface area contributed by atoms with Gasteiger partial charge in [0.05, 0.1) is 10.5 Å². The lowest BCUT2D eigenvalue weighted by molar-refractivity contribution is -0.385. The monoisotopic (exact) mass is 296 g/mol. The van der Waals surface area contributed by atoms with Crippen LogP contribution in [0.4, 0.5) is 5.69 Å². The normalized spacial score (nSPS) is 18.9. The van der Waals surface area contributed by atoms with Gasteiger partial charge < -0.3 is 10.0 Å². The first-order chi connectivity index (χ1) is 9.54. The lowest BCUT2D eigenvalue weighted by atomic mass is 10.1. The highest BCUT2D eigenvalue weighted by Gasteiger charge is 2.28. The predicted octanol–water partition coefficient (Wildman–Crippen LogP) is 2.27. The third-order valence-electron chi connectivity index (χ3n) is 3.32. The molecule has 1 atom stereocenters. The molecule has 1 amide bonds. The molecule has 1 N–H and O–H groups in total. The molecule has 1 aromatic rings. The number of thioether (sulfide) groups is 1. The van der Waals surface area contributed by atoms with Gasteiger partial charge >= 0.3 is 5.69 Å². The van der Waals surface area contributed by atoms with Crippen LogP contribution < -0.4 is 0 Å². The molecule has 1 heterocycles. The molecule has 1 fully saturated rings. The highest BCUT2D eigenvalue weighted by atomic mass is 32.2. The number of carbonyl (C=O) groups excluding carboxylic acids is 1. The van der Waals surface area contributed by atoms with Gasteiger partial charge in [-0.2, -0.15) is 11.8 Å². The quantitative estimate of drug-likeness (QED) is 0.683. The Morgan fingerprint density at radius 1 is 1.60 bits per heavy atom. The Bertz CT molecular complexity index is 535. The van der Waals surface area contributed by atoms with E-state index < -0.39 is 16.4 Å². The fourth-order valence-corrected chi connectivity index (χ4v) is 3.35. The summed E-state index contributed by atoms with van der Waals surface area (Å²) in [7, 11) is 0. The zero-order valence-electron chi connectivity index (χ0n) is 11.1. The molecule has 0 aromatic heterocycles. The van der Waals surface area contributed by atoms with Crippen LogP contribution in [0.15, 0.2) is 18.2 Å². The van der Waals surface area contributed by atoms with Crippen LogP contribution in [0, 0.1) is 10.1 Å². The molecule has 20 heavy (non-hydrogen) atoms. The Hall–Kier alpha value is -1.76. The van der Waals surface area contributed by atoms with Crippen molar-refractivity contribution in [2.45, 2.75) is 18.6 Å². The minimum Gasteiger partial charge on any atom is -0.502 e. The first-order valence-electron chi connectivity index (χ1n) is 6.41.